The lowest BCUT2D eigenvalue weighted by molar-refractivity contribution is -0.197. The summed E-state index contributed by atoms with van der Waals surface area (Å²) < 4.78 is 146. The van der Waals surface area contributed by atoms with Crippen molar-refractivity contribution >= 4 is 85.5 Å². The van der Waals surface area contributed by atoms with Crippen LogP contribution in [0.1, 0.15) is 82.4 Å². The number of carbonyl (C=O) groups excluding carboxylic acids is 3. The van der Waals surface area contributed by atoms with Crippen molar-refractivity contribution in [1.82, 2.24) is 5.06 Å². The number of hydrogen-bond acceptors (Lipinski definition) is 14. The number of hydrogen-bond donors (Lipinski definition) is 4. The summed E-state index contributed by atoms with van der Waals surface area (Å²) in [5, 5.41) is 0.717. The van der Waals surface area contributed by atoms with Crippen LogP contribution >= 0.6 is 0 Å². The number of nitrogens with zero attached hydrogens (tertiary/aromatic N) is 2. The number of imide groups is 1. The zero-order valence-corrected chi connectivity index (χ0v) is 42.0. The van der Waals surface area contributed by atoms with Crippen LogP contribution in [0.4, 0.5) is 5.69 Å². The molecule has 70 heavy (non-hydrogen) atoms. The lowest BCUT2D eigenvalue weighted by Gasteiger charge is -2.31. The quantitative estimate of drug-likeness (QED) is 0.0315. The highest BCUT2D eigenvalue weighted by Gasteiger charge is 2.45. The Morgan fingerprint density at radius 1 is 0.757 bits per heavy atom. The monoisotopic (exact) mass is 1040 g/mol. The first-order valence-electron chi connectivity index (χ1n) is 21.6. The van der Waals surface area contributed by atoms with E-state index in [1.165, 1.54) is 19.2 Å². The summed E-state index contributed by atoms with van der Waals surface area (Å²) in [4.78, 5) is 40.4. The number of ether oxygens (including phenoxy) is 1. The first-order chi connectivity index (χ1) is 32.4. The molecule has 0 spiro atoms. The number of carbonyl (C=O) groups is 3. The molecule has 0 aliphatic carbocycles. The Morgan fingerprint density at radius 2 is 1.31 bits per heavy atom. The van der Waals surface area contributed by atoms with Crippen molar-refractivity contribution in [3.8, 4) is 0 Å². The van der Waals surface area contributed by atoms with Gasteiger partial charge in [0.15, 0.2) is 0 Å². The topological polar surface area (TPSA) is 294 Å². The predicted octanol–water partition coefficient (Wildman–Crippen LogP) is 7.10. The maximum atomic E-state index is 12.7. The number of rotatable bonds is 19. The van der Waals surface area contributed by atoms with Crippen molar-refractivity contribution in [3.05, 3.63) is 113 Å². The maximum Gasteiger partial charge on any atom is 0.333 e. The summed E-state index contributed by atoms with van der Waals surface area (Å²) >= 11 is 0. The predicted molar refractivity (Wildman–Crippen MR) is 257 cm³/mol. The van der Waals surface area contributed by atoms with Crippen molar-refractivity contribution in [2.24, 2.45) is 0 Å². The highest BCUT2D eigenvalue weighted by atomic mass is 32.2. The van der Waals surface area contributed by atoms with Crippen molar-refractivity contribution < 1.29 is 75.8 Å². The maximum absolute atomic E-state index is 12.7. The molecule has 1 saturated heterocycles. The number of anilines is 1. The van der Waals surface area contributed by atoms with E-state index >= 15 is 0 Å². The minimum atomic E-state index is -5.04. The van der Waals surface area contributed by atoms with Crippen LogP contribution in [0.25, 0.3) is 21.5 Å². The fourth-order valence-corrected chi connectivity index (χ4v) is 11.8. The molecule has 0 aromatic heterocycles. The Kier molecular flexibility index (Phi) is 15.3. The van der Waals surface area contributed by atoms with Crippen LogP contribution in [0.15, 0.2) is 116 Å². The van der Waals surface area contributed by atoms with Crippen LogP contribution in [0.2, 0.25) is 0 Å². The van der Waals surface area contributed by atoms with Gasteiger partial charge in [-0.1, -0.05) is 69.4 Å². The molecule has 0 saturated carbocycles. The molecule has 19 nitrogen and oxygen atoms in total. The summed E-state index contributed by atoms with van der Waals surface area (Å²) in [6.45, 7) is 11.8. The Balaban J connectivity index is 1.39. The average Bonchev–Trinajstić information content (AvgIpc) is 3.70. The fourth-order valence-electron chi connectivity index (χ4n) is 9.11. The standard InChI is InChI=1S/C47H52N2O17S4/c1-29-16-17-33-35(25-31(67(53,54)55)27-38(33)69(59,60)61)44(29)46(3,4)30(2)13-9-7-10-14-40-47(5,22-24-65-6)45-36-26-32(68(56,57)58)28-39(70(62,63)64)34(36)18-19-37(45)48(40)23-12-8-11-15-43(52)66-49-41(50)20-21-42(49)51/h7,9-10,13-14,16-19,25-28H,2,8,11-12,15,20-24H2,1,3-6H3,(H,53,54,55)(H,56,57,58)(H,59,60,61)(H,62,63,64)/b10-7+,13-9+,40-14+. The molecule has 0 bridgehead atoms. The van der Waals surface area contributed by atoms with Crippen LogP contribution < -0.4 is 4.90 Å². The highest BCUT2D eigenvalue weighted by Crippen LogP contribution is 2.54. The number of amides is 2. The summed E-state index contributed by atoms with van der Waals surface area (Å²) in [6.07, 6.45) is 9.81. The first-order valence-corrected chi connectivity index (χ1v) is 27.4. The molecule has 4 N–H and O–H groups in total. The number of allylic oxidation sites excluding steroid dienone is 7. The first kappa shape index (κ1) is 53.7. The average molecular weight is 1050 g/mol. The lowest BCUT2D eigenvalue weighted by atomic mass is 9.74. The van der Waals surface area contributed by atoms with Gasteiger partial charge in [0, 0.05) is 72.5 Å². The number of hydroxylamine groups is 2. The smallest absolute Gasteiger partial charge is 0.333 e. The van der Waals surface area contributed by atoms with E-state index in [9.17, 15) is 66.3 Å². The molecule has 2 aliphatic rings. The summed E-state index contributed by atoms with van der Waals surface area (Å²) in [6, 6.07) is 9.72. The molecule has 6 rings (SSSR count). The van der Waals surface area contributed by atoms with E-state index in [2.05, 4.69) is 6.58 Å². The SMILES string of the molecule is C=C(/C=C/C=C/C=C1/N(CCCCCC(=O)ON2C(=O)CCC2=O)c2ccc3c(S(=O)(=O)O)cc(S(=O)(=O)O)cc3c2C1(C)CCOC)C(C)(C)c1c(C)ccc2c(S(=O)(=O)O)cc(S(=O)(=O)O)cc12. The van der Waals surface area contributed by atoms with Gasteiger partial charge in [0.1, 0.15) is 9.79 Å². The van der Waals surface area contributed by atoms with Crippen LogP contribution in [-0.4, -0.2) is 95.0 Å². The molecule has 1 unspecified atom stereocenters. The Hall–Kier alpha value is -5.63. The molecular formula is C47H52N2O17S4. The van der Waals surface area contributed by atoms with Crippen molar-refractivity contribution in [2.75, 3.05) is 25.2 Å². The molecule has 2 aliphatic heterocycles. The molecule has 376 valence electrons. The molecule has 4 aromatic carbocycles. The van der Waals surface area contributed by atoms with Crippen molar-refractivity contribution in [1.29, 1.82) is 0 Å². The van der Waals surface area contributed by atoms with Gasteiger partial charge in [0.25, 0.3) is 52.3 Å². The van der Waals surface area contributed by atoms with Crippen LogP contribution in [0, 0.1) is 6.92 Å². The number of methoxy groups -OCH3 is 1. The number of aryl methyl sites for hydroxylation is 1. The van der Waals surface area contributed by atoms with Crippen molar-refractivity contribution in [3.63, 3.8) is 0 Å². The van der Waals surface area contributed by atoms with E-state index in [0.29, 0.717) is 76.7 Å². The second-order valence-electron chi connectivity index (χ2n) is 17.7. The van der Waals surface area contributed by atoms with E-state index in [1.54, 1.807) is 63.3 Å². The third kappa shape index (κ3) is 11.0. The van der Waals surface area contributed by atoms with E-state index in [1.807, 2.05) is 11.8 Å². The van der Waals surface area contributed by atoms with Gasteiger partial charge in [0.05, 0.1) is 9.79 Å². The second kappa shape index (κ2) is 19.9. The summed E-state index contributed by atoms with van der Waals surface area (Å²) in [5.74, 6) is -1.96. The Morgan fingerprint density at radius 3 is 1.87 bits per heavy atom. The van der Waals surface area contributed by atoms with Crippen LogP contribution in [0.3, 0.4) is 0 Å². The molecule has 2 heterocycles. The molecule has 1 atom stereocenters. The van der Waals surface area contributed by atoms with E-state index in [-0.39, 0.29) is 53.8 Å². The number of fused-ring (bicyclic) bond motifs is 4. The van der Waals surface area contributed by atoms with Gasteiger partial charge in [-0.05, 0) is 103 Å². The third-order valence-corrected chi connectivity index (χ3v) is 16.1. The zero-order chi connectivity index (χ0) is 51.9. The van der Waals surface area contributed by atoms with Gasteiger partial charge >= 0.3 is 5.97 Å². The minimum Gasteiger partial charge on any atom is -0.385 e. The largest absolute Gasteiger partial charge is 0.385 e. The third-order valence-electron chi connectivity index (χ3n) is 12.6. The van der Waals surface area contributed by atoms with Crippen molar-refractivity contribution in [2.45, 2.75) is 103 Å². The van der Waals surface area contributed by atoms with Gasteiger partial charge in [-0.2, -0.15) is 33.7 Å². The molecule has 0 radical (unpaired) electrons. The number of benzene rings is 4. The minimum absolute atomic E-state index is 0.0112. The van der Waals surface area contributed by atoms with Gasteiger partial charge in [0.2, 0.25) is 0 Å². The van der Waals surface area contributed by atoms with E-state index < -0.39 is 88.7 Å². The van der Waals surface area contributed by atoms with Gasteiger partial charge in [-0.15, -0.1) is 5.06 Å². The van der Waals surface area contributed by atoms with Gasteiger partial charge in [-0.3, -0.25) is 27.8 Å². The van der Waals surface area contributed by atoms with Crippen LogP contribution in [0.5, 0.6) is 0 Å². The summed E-state index contributed by atoms with van der Waals surface area (Å²) in [5.41, 5.74) is 1.11. The zero-order valence-electron chi connectivity index (χ0n) is 38.7. The number of unbranched alkanes of at least 4 members (excludes halogenated alkanes) is 2. The highest BCUT2D eigenvalue weighted by molar-refractivity contribution is 7.87. The Bertz CT molecular complexity index is 3400. The molecule has 1 fully saturated rings. The van der Waals surface area contributed by atoms with E-state index in [0.717, 1.165) is 12.1 Å². The fraction of sp³-hybridized carbons (Fsp3) is 0.340. The summed E-state index contributed by atoms with van der Waals surface area (Å²) in [7, 11) is -18.4. The van der Waals surface area contributed by atoms with Gasteiger partial charge in [-0.25, -0.2) is 4.79 Å². The molecule has 2 amide bonds. The van der Waals surface area contributed by atoms with Gasteiger partial charge < -0.3 is 14.5 Å². The Labute approximate surface area is 406 Å². The molecule has 4 aromatic rings. The molecular weight excluding hydrogens is 993 g/mol. The lowest BCUT2D eigenvalue weighted by Crippen LogP contribution is -2.32. The molecule has 23 heteroatoms. The normalized spacial score (nSPS) is 17.8. The second-order valence-corrected chi connectivity index (χ2v) is 23.3. The van der Waals surface area contributed by atoms with E-state index in [4.69, 9.17) is 9.57 Å². The van der Waals surface area contributed by atoms with Crippen LogP contribution in [-0.2, 0) is 75.3 Å².